The average molecular weight is 358 g/mol. The molecule has 1 atom stereocenters. The highest BCUT2D eigenvalue weighted by atomic mass is 35.5. The number of amides is 1. The zero-order valence-electron chi connectivity index (χ0n) is 12.9. The Morgan fingerprint density at radius 3 is 2.54 bits per heavy atom. The molecular formula is C17H15ClF3NO2. The lowest BCUT2D eigenvalue weighted by Crippen LogP contribution is -2.30. The van der Waals surface area contributed by atoms with E-state index in [1.165, 1.54) is 13.0 Å². The van der Waals surface area contributed by atoms with Crippen LogP contribution in [0.2, 0.25) is 5.02 Å². The van der Waals surface area contributed by atoms with Gasteiger partial charge >= 0.3 is 6.18 Å². The molecule has 0 unspecified atom stereocenters. The van der Waals surface area contributed by atoms with Crippen LogP contribution >= 0.6 is 11.6 Å². The maximum atomic E-state index is 12.8. The van der Waals surface area contributed by atoms with Crippen molar-refractivity contribution in [3.8, 4) is 5.75 Å². The molecule has 1 amide bonds. The van der Waals surface area contributed by atoms with Gasteiger partial charge in [0.05, 0.1) is 10.6 Å². The van der Waals surface area contributed by atoms with Crippen LogP contribution in [0.4, 0.5) is 18.9 Å². The number of alkyl halides is 3. The van der Waals surface area contributed by atoms with Gasteiger partial charge in [-0.3, -0.25) is 4.79 Å². The van der Waals surface area contributed by atoms with Gasteiger partial charge in [0, 0.05) is 5.69 Å². The van der Waals surface area contributed by atoms with Gasteiger partial charge in [-0.15, -0.1) is 0 Å². The third-order valence-electron chi connectivity index (χ3n) is 3.21. The van der Waals surface area contributed by atoms with Crippen LogP contribution in [-0.2, 0) is 11.0 Å². The van der Waals surface area contributed by atoms with Crippen LogP contribution in [0.5, 0.6) is 5.75 Å². The Bertz CT molecular complexity index is 747. The number of benzene rings is 2. The predicted octanol–water partition coefficient (Wildman–Crippen LogP) is 5.07. The summed E-state index contributed by atoms with van der Waals surface area (Å²) in [5.41, 5.74) is -0.0433. The maximum absolute atomic E-state index is 12.8. The topological polar surface area (TPSA) is 38.3 Å². The standard InChI is InChI=1S/C17H15ClF3NO2/c1-10-4-3-5-13(8-10)24-11(2)16(23)22-12-6-7-15(18)14(9-12)17(19,20)21/h3-9,11H,1-2H3,(H,22,23)/t11-/m0/s1. The van der Waals surface area contributed by atoms with Crippen molar-refractivity contribution in [2.24, 2.45) is 0 Å². The number of rotatable bonds is 4. The van der Waals surface area contributed by atoms with Crippen LogP contribution < -0.4 is 10.1 Å². The van der Waals surface area contributed by atoms with Gasteiger partial charge in [-0.25, -0.2) is 0 Å². The van der Waals surface area contributed by atoms with Crippen LogP contribution in [0.3, 0.4) is 0 Å². The largest absolute Gasteiger partial charge is 0.481 e. The van der Waals surface area contributed by atoms with Crippen LogP contribution in [0, 0.1) is 6.92 Å². The lowest BCUT2D eigenvalue weighted by Gasteiger charge is -2.16. The molecule has 0 saturated carbocycles. The van der Waals surface area contributed by atoms with E-state index in [0.717, 1.165) is 17.7 Å². The molecule has 7 heteroatoms. The van der Waals surface area contributed by atoms with E-state index < -0.39 is 28.8 Å². The molecule has 2 aromatic rings. The number of hydrogen-bond donors (Lipinski definition) is 1. The summed E-state index contributed by atoms with van der Waals surface area (Å²) in [6, 6.07) is 10.3. The first-order valence-corrected chi connectivity index (χ1v) is 7.45. The molecule has 0 radical (unpaired) electrons. The van der Waals surface area contributed by atoms with E-state index in [2.05, 4.69) is 5.32 Å². The predicted molar refractivity (Wildman–Crippen MR) is 86.4 cm³/mol. The second-order valence-electron chi connectivity index (χ2n) is 5.26. The first kappa shape index (κ1) is 18.1. The quantitative estimate of drug-likeness (QED) is 0.829. The molecule has 0 aliphatic rings. The third kappa shape index (κ3) is 4.64. The van der Waals surface area contributed by atoms with Crippen LogP contribution in [0.25, 0.3) is 0 Å². The minimum atomic E-state index is -4.60. The highest BCUT2D eigenvalue weighted by Crippen LogP contribution is 2.36. The molecule has 0 saturated heterocycles. The summed E-state index contributed by atoms with van der Waals surface area (Å²) < 4.78 is 44.0. The Balaban J connectivity index is 2.09. The smallest absolute Gasteiger partial charge is 0.417 e. The Kier molecular flexibility index (Phi) is 5.39. The number of nitrogens with one attached hydrogen (secondary N) is 1. The Hall–Kier alpha value is -2.21. The number of hydrogen-bond acceptors (Lipinski definition) is 2. The van der Waals surface area contributed by atoms with Gasteiger partial charge in [-0.1, -0.05) is 23.7 Å². The zero-order valence-corrected chi connectivity index (χ0v) is 13.7. The Morgan fingerprint density at radius 2 is 1.92 bits per heavy atom. The van der Waals surface area contributed by atoms with E-state index in [4.69, 9.17) is 16.3 Å². The van der Waals surface area contributed by atoms with Crippen molar-refractivity contribution in [3.05, 3.63) is 58.6 Å². The molecule has 2 aromatic carbocycles. The lowest BCUT2D eigenvalue weighted by molar-refractivity contribution is -0.137. The Labute approximate surface area is 142 Å². The molecule has 0 aliphatic heterocycles. The van der Waals surface area contributed by atoms with Gasteiger partial charge in [0.1, 0.15) is 5.75 Å². The second kappa shape index (κ2) is 7.13. The summed E-state index contributed by atoms with van der Waals surface area (Å²) in [5.74, 6) is -0.0586. The monoisotopic (exact) mass is 357 g/mol. The fourth-order valence-electron chi connectivity index (χ4n) is 2.01. The summed E-state index contributed by atoms with van der Waals surface area (Å²) in [6.45, 7) is 3.39. The van der Waals surface area contributed by atoms with Crippen molar-refractivity contribution in [1.29, 1.82) is 0 Å². The van der Waals surface area contributed by atoms with E-state index in [-0.39, 0.29) is 5.69 Å². The van der Waals surface area contributed by atoms with Gasteiger partial charge in [0.25, 0.3) is 5.91 Å². The molecule has 0 heterocycles. The fourth-order valence-corrected chi connectivity index (χ4v) is 2.24. The van der Waals surface area contributed by atoms with E-state index in [9.17, 15) is 18.0 Å². The van der Waals surface area contributed by atoms with Gasteiger partial charge in [0.2, 0.25) is 0 Å². The molecule has 0 fully saturated rings. The lowest BCUT2D eigenvalue weighted by atomic mass is 10.2. The molecule has 0 aliphatic carbocycles. The van der Waals surface area contributed by atoms with Crippen molar-refractivity contribution >= 4 is 23.2 Å². The minimum Gasteiger partial charge on any atom is -0.481 e. The van der Waals surface area contributed by atoms with Crippen molar-refractivity contribution in [2.45, 2.75) is 26.1 Å². The number of carbonyl (C=O) groups excluding carboxylic acids is 1. The van der Waals surface area contributed by atoms with Crippen molar-refractivity contribution < 1.29 is 22.7 Å². The van der Waals surface area contributed by atoms with Crippen LogP contribution in [0.1, 0.15) is 18.1 Å². The number of anilines is 1. The molecule has 128 valence electrons. The van der Waals surface area contributed by atoms with Gasteiger partial charge in [-0.2, -0.15) is 13.2 Å². The second-order valence-corrected chi connectivity index (χ2v) is 5.67. The third-order valence-corrected chi connectivity index (χ3v) is 3.54. The number of ether oxygens (including phenoxy) is 1. The van der Waals surface area contributed by atoms with Crippen molar-refractivity contribution in [3.63, 3.8) is 0 Å². The summed E-state index contributed by atoms with van der Waals surface area (Å²) in [6.07, 6.45) is -5.47. The highest BCUT2D eigenvalue weighted by Gasteiger charge is 2.33. The number of aryl methyl sites for hydroxylation is 1. The zero-order chi connectivity index (χ0) is 17.9. The number of carbonyl (C=O) groups is 1. The summed E-state index contributed by atoms with van der Waals surface area (Å²) in [7, 11) is 0. The van der Waals surface area contributed by atoms with E-state index in [1.807, 2.05) is 13.0 Å². The first-order chi connectivity index (χ1) is 11.2. The minimum absolute atomic E-state index is 0.00332. The van der Waals surface area contributed by atoms with Crippen molar-refractivity contribution in [1.82, 2.24) is 0 Å². The van der Waals surface area contributed by atoms with Crippen LogP contribution in [-0.4, -0.2) is 12.0 Å². The van der Waals surface area contributed by atoms with E-state index >= 15 is 0 Å². The highest BCUT2D eigenvalue weighted by molar-refractivity contribution is 6.31. The molecule has 2 rings (SSSR count). The molecule has 3 nitrogen and oxygen atoms in total. The summed E-state index contributed by atoms with van der Waals surface area (Å²) in [4.78, 5) is 12.1. The van der Waals surface area contributed by atoms with Crippen molar-refractivity contribution in [2.75, 3.05) is 5.32 Å². The maximum Gasteiger partial charge on any atom is 0.417 e. The van der Waals surface area contributed by atoms with E-state index in [0.29, 0.717) is 5.75 Å². The summed E-state index contributed by atoms with van der Waals surface area (Å²) >= 11 is 5.54. The molecule has 0 bridgehead atoms. The fraction of sp³-hybridized carbons (Fsp3) is 0.235. The normalized spacial score (nSPS) is 12.6. The molecule has 0 spiro atoms. The molecule has 24 heavy (non-hydrogen) atoms. The van der Waals surface area contributed by atoms with Gasteiger partial charge in [-0.05, 0) is 49.7 Å². The van der Waals surface area contributed by atoms with Gasteiger partial charge < -0.3 is 10.1 Å². The average Bonchev–Trinajstić information content (AvgIpc) is 2.48. The molecule has 0 aromatic heterocycles. The SMILES string of the molecule is Cc1cccc(O[C@@H](C)C(=O)Nc2ccc(Cl)c(C(F)(F)F)c2)c1. The first-order valence-electron chi connectivity index (χ1n) is 7.08. The molecule has 1 N–H and O–H groups in total. The Morgan fingerprint density at radius 1 is 1.21 bits per heavy atom. The molecular weight excluding hydrogens is 343 g/mol. The van der Waals surface area contributed by atoms with Crippen LogP contribution in [0.15, 0.2) is 42.5 Å². The number of halogens is 4. The summed E-state index contributed by atoms with van der Waals surface area (Å²) in [5, 5.41) is 1.97. The van der Waals surface area contributed by atoms with E-state index in [1.54, 1.807) is 18.2 Å². The van der Waals surface area contributed by atoms with Gasteiger partial charge in [0.15, 0.2) is 6.10 Å².